The molecule has 6 nitrogen and oxygen atoms in total. The van der Waals surface area contributed by atoms with E-state index >= 15 is 0 Å². The van der Waals surface area contributed by atoms with Gasteiger partial charge in [0.1, 0.15) is 4.88 Å². The van der Waals surface area contributed by atoms with Gasteiger partial charge in [-0.15, -0.1) is 15.3 Å². The Bertz CT molecular complexity index is 423. The van der Waals surface area contributed by atoms with Crippen LogP contribution in [0.3, 0.4) is 0 Å². The van der Waals surface area contributed by atoms with Gasteiger partial charge in [-0.05, 0) is 25.5 Å². The van der Waals surface area contributed by atoms with E-state index in [1.807, 2.05) is 14.0 Å². The van der Waals surface area contributed by atoms with Crippen LogP contribution in [-0.4, -0.2) is 26.8 Å². The maximum Gasteiger partial charge on any atom is 0.261 e. The van der Waals surface area contributed by atoms with Crippen molar-refractivity contribution in [3.05, 3.63) is 11.6 Å². The van der Waals surface area contributed by atoms with E-state index in [0.717, 1.165) is 10.6 Å². The molecular formula is C7H9N5OS. The van der Waals surface area contributed by atoms with E-state index in [9.17, 15) is 0 Å². The number of hydrogen-bond acceptors (Lipinski definition) is 7. The van der Waals surface area contributed by atoms with E-state index in [0.29, 0.717) is 18.3 Å². The highest BCUT2D eigenvalue weighted by Gasteiger charge is 2.13. The molecule has 7 heteroatoms. The van der Waals surface area contributed by atoms with E-state index in [4.69, 9.17) is 4.42 Å². The molecule has 0 aliphatic carbocycles. The van der Waals surface area contributed by atoms with Crippen molar-refractivity contribution in [2.75, 3.05) is 7.05 Å². The van der Waals surface area contributed by atoms with E-state index in [1.54, 1.807) is 0 Å². The molecule has 0 radical (unpaired) electrons. The lowest BCUT2D eigenvalue weighted by molar-refractivity contribution is 0.491. The first-order valence-electron chi connectivity index (χ1n) is 4.07. The highest BCUT2D eigenvalue weighted by atomic mass is 32.1. The fourth-order valence-corrected chi connectivity index (χ4v) is 1.57. The summed E-state index contributed by atoms with van der Waals surface area (Å²) in [5.74, 6) is 1.05. The molecule has 0 unspecified atom stereocenters. The SMILES string of the molecule is CNCc1nnc(-c2snnc2C)o1. The molecule has 0 aliphatic heterocycles. The van der Waals surface area contributed by atoms with Gasteiger partial charge in [-0.2, -0.15) is 0 Å². The van der Waals surface area contributed by atoms with Crippen LogP contribution in [0.2, 0.25) is 0 Å². The van der Waals surface area contributed by atoms with Gasteiger partial charge in [0.05, 0.1) is 12.2 Å². The van der Waals surface area contributed by atoms with Crippen molar-refractivity contribution in [3.63, 3.8) is 0 Å². The molecule has 0 aromatic carbocycles. The zero-order valence-corrected chi connectivity index (χ0v) is 8.63. The Morgan fingerprint density at radius 3 is 2.86 bits per heavy atom. The Morgan fingerprint density at radius 2 is 2.21 bits per heavy atom. The largest absolute Gasteiger partial charge is 0.418 e. The number of aromatic nitrogens is 4. The molecule has 2 aromatic heterocycles. The number of hydrogen-bond donors (Lipinski definition) is 1. The van der Waals surface area contributed by atoms with Crippen LogP contribution >= 0.6 is 11.5 Å². The van der Waals surface area contributed by atoms with Crippen LogP contribution in [0.1, 0.15) is 11.6 Å². The molecule has 0 saturated heterocycles. The van der Waals surface area contributed by atoms with Crippen molar-refractivity contribution in [2.45, 2.75) is 13.5 Å². The lowest BCUT2D eigenvalue weighted by Crippen LogP contribution is -2.04. The van der Waals surface area contributed by atoms with Crippen molar-refractivity contribution in [3.8, 4) is 10.8 Å². The van der Waals surface area contributed by atoms with Gasteiger partial charge < -0.3 is 9.73 Å². The van der Waals surface area contributed by atoms with Crippen LogP contribution < -0.4 is 5.32 Å². The van der Waals surface area contributed by atoms with Gasteiger partial charge in [-0.3, -0.25) is 0 Å². The van der Waals surface area contributed by atoms with Gasteiger partial charge in [0.2, 0.25) is 5.89 Å². The summed E-state index contributed by atoms with van der Waals surface area (Å²) in [6.07, 6.45) is 0. The third-order valence-corrected chi connectivity index (χ3v) is 2.46. The first-order valence-corrected chi connectivity index (χ1v) is 4.85. The summed E-state index contributed by atoms with van der Waals surface area (Å²) in [7, 11) is 1.82. The molecule has 0 saturated carbocycles. The predicted octanol–water partition coefficient (Wildman–Crippen LogP) is 0.616. The fraction of sp³-hybridized carbons (Fsp3) is 0.429. The van der Waals surface area contributed by atoms with Crippen LogP contribution in [-0.2, 0) is 6.54 Å². The molecular weight excluding hydrogens is 202 g/mol. The van der Waals surface area contributed by atoms with Crippen LogP contribution in [0.4, 0.5) is 0 Å². The summed E-state index contributed by atoms with van der Waals surface area (Å²) >= 11 is 1.26. The topological polar surface area (TPSA) is 76.7 Å². The minimum atomic E-state index is 0.489. The summed E-state index contributed by atoms with van der Waals surface area (Å²) in [6, 6.07) is 0. The summed E-state index contributed by atoms with van der Waals surface area (Å²) in [5.41, 5.74) is 0.814. The second kappa shape index (κ2) is 3.81. The van der Waals surface area contributed by atoms with Crippen molar-refractivity contribution in [2.24, 2.45) is 0 Å². The predicted molar refractivity (Wildman–Crippen MR) is 50.7 cm³/mol. The second-order valence-electron chi connectivity index (χ2n) is 2.72. The zero-order chi connectivity index (χ0) is 9.97. The van der Waals surface area contributed by atoms with Crippen molar-refractivity contribution in [1.82, 2.24) is 25.1 Å². The Labute approximate surface area is 84.5 Å². The fourth-order valence-electron chi connectivity index (χ4n) is 0.996. The number of rotatable bonds is 3. The first-order chi connectivity index (χ1) is 6.81. The highest BCUT2D eigenvalue weighted by molar-refractivity contribution is 7.09. The van der Waals surface area contributed by atoms with Gasteiger partial charge in [-0.25, -0.2) is 0 Å². The lowest BCUT2D eigenvalue weighted by atomic mass is 10.4. The Balaban J connectivity index is 2.29. The average molecular weight is 211 g/mol. The van der Waals surface area contributed by atoms with E-state index in [2.05, 4.69) is 25.1 Å². The van der Waals surface area contributed by atoms with E-state index in [1.165, 1.54) is 11.5 Å². The smallest absolute Gasteiger partial charge is 0.261 e. The molecule has 0 amide bonds. The average Bonchev–Trinajstić information content (AvgIpc) is 2.74. The summed E-state index contributed by atoms with van der Waals surface area (Å²) in [6.45, 7) is 2.43. The van der Waals surface area contributed by atoms with Gasteiger partial charge in [0.25, 0.3) is 5.89 Å². The van der Waals surface area contributed by atoms with Crippen LogP contribution in [0, 0.1) is 6.92 Å². The molecule has 0 spiro atoms. The normalized spacial score (nSPS) is 10.7. The number of nitrogens with one attached hydrogen (secondary N) is 1. The maximum absolute atomic E-state index is 5.39. The zero-order valence-electron chi connectivity index (χ0n) is 7.81. The molecule has 2 rings (SSSR count). The molecule has 74 valence electrons. The van der Waals surface area contributed by atoms with Crippen molar-refractivity contribution < 1.29 is 4.42 Å². The van der Waals surface area contributed by atoms with Crippen LogP contribution in [0.25, 0.3) is 10.8 Å². The highest BCUT2D eigenvalue weighted by Crippen LogP contribution is 2.23. The third-order valence-electron chi connectivity index (χ3n) is 1.64. The monoisotopic (exact) mass is 211 g/mol. The maximum atomic E-state index is 5.39. The minimum absolute atomic E-state index is 0.489. The second-order valence-corrected chi connectivity index (χ2v) is 3.47. The van der Waals surface area contributed by atoms with Gasteiger partial charge in [-0.1, -0.05) is 4.49 Å². The van der Waals surface area contributed by atoms with E-state index < -0.39 is 0 Å². The molecule has 0 fully saturated rings. The van der Waals surface area contributed by atoms with Crippen molar-refractivity contribution in [1.29, 1.82) is 0 Å². The Hall–Kier alpha value is -1.34. The molecule has 0 atom stereocenters. The molecule has 14 heavy (non-hydrogen) atoms. The van der Waals surface area contributed by atoms with Crippen LogP contribution in [0.15, 0.2) is 4.42 Å². The quantitative estimate of drug-likeness (QED) is 0.801. The first kappa shape index (κ1) is 9.22. The van der Waals surface area contributed by atoms with Gasteiger partial charge >= 0.3 is 0 Å². The Morgan fingerprint density at radius 1 is 1.36 bits per heavy atom. The van der Waals surface area contributed by atoms with Gasteiger partial charge in [0.15, 0.2) is 0 Å². The lowest BCUT2D eigenvalue weighted by Gasteiger charge is -1.89. The molecule has 1 N–H and O–H groups in total. The summed E-state index contributed by atoms with van der Waals surface area (Å²) < 4.78 is 9.20. The number of nitrogens with zero attached hydrogens (tertiary/aromatic N) is 4. The van der Waals surface area contributed by atoms with Crippen LogP contribution in [0.5, 0.6) is 0 Å². The molecule has 2 aromatic rings. The summed E-state index contributed by atoms with van der Waals surface area (Å²) in [4.78, 5) is 0.833. The standard InChI is InChI=1S/C7H9N5OS/c1-4-6(14-12-9-4)7-11-10-5(13-7)3-8-2/h8H,3H2,1-2H3. The molecule has 0 aliphatic rings. The summed E-state index contributed by atoms with van der Waals surface area (Å²) in [5, 5.41) is 14.6. The van der Waals surface area contributed by atoms with Gasteiger partial charge in [0, 0.05) is 0 Å². The Kier molecular flexibility index (Phi) is 2.51. The van der Waals surface area contributed by atoms with E-state index in [-0.39, 0.29) is 0 Å². The molecule has 0 bridgehead atoms. The molecule has 2 heterocycles. The van der Waals surface area contributed by atoms with Crippen molar-refractivity contribution >= 4 is 11.5 Å². The minimum Gasteiger partial charge on any atom is -0.418 e. The third kappa shape index (κ3) is 1.64. The number of aryl methyl sites for hydroxylation is 1.